The van der Waals surface area contributed by atoms with E-state index in [0.717, 1.165) is 6.07 Å². The second kappa shape index (κ2) is 6.87. The van der Waals surface area contributed by atoms with Gasteiger partial charge in [0.15, 0.2) is 6.04 Å². The van der Waals surface area contributed by atoms with Crippen LogP contribution in [0.25, 0.3) is 0 Å². The summed E-state index contributed by atoms with van der Waals surface area (Å²) < 4.78 is 18.7. The largest absolute Gasteiger partial charge is 0.480 e. The molecule has 0 saturated carbocycles. The number of hydrogen-bond acceptors (Lipinski definition) is 3. The molecule has 7 heteroatoms. The predicted octanol–water partition coefficient (Wildman–Crippen LogP) is 1.97. The number of aliphatic carboxylic acids is 1. The number of nitrogens with one attached hydrogen (secondary N) is 1. The molecule has 0 saturated heterocycles. The minimum atomic E-state index is -1.25. The van der Waals surface area contributed by atoms with E-state index in [1.165, 1.54) is 33.1 Å². The fraction of sp³-hybridized carbons (Fsp3) is 0.429. The molecule has 1 amide bonds. The third-order valence-electron chi connectivity index (χ3n) is 3.11. The van der Waals surface area contributed by atoms with Gasteiger partial charge in [0, 0.05) is 17.7 Å². The number of carbonyl (C=O) groups is 2. The lowest BCUT2D eigenvalue weighted by Gasteiger charge is -2.26. The van der Waals surface area contributed by atoms with E-state index in [9.17, 15) is 14.0 Å². The molecule has 2 N–H and O–H groups in total. The molecule has 0 aliphatic heterocycles. The number of rotatable bonds is 6. The SMILES string of the molecule is COCC(NC(=O)C(C)(C)c1ccc(Cl)cc1F)C(=O)O. The molecule has 116 valence electrons. The van der Waals surface area contributed by atoms with Crippen LogP contribution in [-0.2, 0) is 19.7 Å². The van der Waals surface area contributed by atoms with Crippen molar-refractivity contribution in [3.8, 4) is 0 Å². The first-order valence-corrected chi connectivity index (χ1v) is 6.56. The molecular formula is C14H17ClFNO4. The lowest BCUT2D eigenvalue weighted by atomic mass is 9.83. The highest BCUT2D eigenvalue weighted by atomic mass is 35.5. The van der Waals surface area contributed by atoms with Crippen molar-refractivity contribution in [3.05, 3.63) is 34.6 Å². The third kappa shape index (κ3) is 4.15. The Kier molecular flexibility index (Phi) is 5.69. The highest BCUT2D eigenvalue weighted by Gasteiger charge is 2.35. The molecule has 0 aromatic heterocycles. The van der Waals surface area contributed by atoms with Crippen LogP contribution in [0.15, 0.2) is 18.2 Å². The normalized spacial score (nSPS) is 12.8. The van der Waals surface area contributed by atoms with Gasteiger partial charge in [0.25, 0.3) is 0 Å². The van der Waals surface area contributed by atoms with Crippen LogP contribution < -0.4 is 5.32 Å². The van der Waals surface area contributed by atoms with Gasteiger partial charge >= 0.3 is 5.97 Å². The number of ether oxygens (including phenoxy) is 1. The number of amides is 1. The minimum absolute atomic E-state index is 0.131. The summed E-state index contributed by atoms with van der Waals surface area (Å²) in [5, 5.41) is 11.5. The van der Waals surface area contributed by atoms with E-state index in [1.807, 2.05) is 0 Å². The molecule has 0 spiro atoms. The van der Waals surface area contributed by atoms with Crippen LogP contribution >= 0.6 is 11.6 Å². The highest BCUT2D eigenvalue weighted by Crippen LogP contribution is 2.28. The first-order valence-electron chi connectivity index (χ1n) is 6.18. The van der Waals surface area contributed by atoms with Gasteiger partial charge in [0.1, 0.15) is 5.82 Å². The molecule has 1 rings (SSSR count). The second-order valence-electron chi connectivity index (χ2n) is 5.07. The van der Waals surface area contributed by atoms with Crippen LogP contribution in [0.5, 0.6) is 0 Å². The second-order valence-corrected chi connectivity index (χ2v) is 5.51. The Balaban J connectivity index is 3.00. The van der Waals surface area contributed by atoms with Crippen molar-refractivity contribution < 1.29 is 23.8 Å². The standard InChI is InChI=1S/C14H17ClFNO4/c1-14(2,9-5-4-8(15)6-10(9)16)13(20)17-11(7-21-3)12(18)19/h4-6,11H,7H2,1-3H3,(H,17,20)(H,18,19). The zero-order valence-electron chi connectivity index (χ0n) is 11.9. The number of carbonyl (C=O) groups excluding carboxylic acids is 1. The van der Waals surface area contributed by atoms with Gasteiger partial charge in [-0.3, -0.25) is 4.79 Å². The first-order chi connectivity index (χ1) is 9.70. The molecule has 5 nitrogen and oxygen atoms in total. The Labute approximate surface area is 127 Å². The van der Waals surface area contributed by atoms with Crippen LogP contribution in [0.2, 0.25) is 5.02 Å². The average molecular weight is 318 g/mol. The van der Waals surface area contributed by atoms with Crippen molar-refractivity contribution in [1.82, 2.24) is 5.32 Å². The lowest BCUT2D eigenvalue weighted by molar-refractivity contribution is -0.144. The summed E-state index contributed by atoms with van der Waals surface area (Å²) in [6, 6.07) is 2.79. The maximum Gasteiger partial charge on any atom is 0.328 e. The number of carboxylic acids is 1. The highest BCUT2D eigenvalue weighted by molar-refractivity contribution is 6.30. The van der Waals surface area contributed by atoms with Crippen molar-refractivity contribution in [2.24, 2.45) is 0 Å². The Hall–Kier alpha value is -1.66. The molecule has 1 aromatic carbocycles. The summed E-state index contributed by atoms with van der Waals surface area (Å²) >= 11 is 5.68. The van der Waals surface area contributed by atoms with Crippen molar-refractivity contribution in [3.63, 3.8) is 0 Å². The predicted molar refractivity (Wildman–Crippen MR) is 75.9 cm³/mol. The van der Waals surface area contributed by atoms with Gasteiger partial charge in [-0.1, -0.05) is 17.7 Å². The van der Waals surface area contributed by atoms with Crippen molar-refractivity contribution in [2.45, 2.75) is 25.3 Å². The van der Waals surface area contributed by atoms with E-state index in [0.29, 0.717) is 0 Å². The lowest BCUT2D eigenvalue weighted by Crippen LogP contribution is -2.50. The zero-order chi connectivity index (χ0) is 16.2. The number of benzene rings is 1. The molecule has 1 atom stereocenters. The van der Waals surface area contributed by atoms with Crippen molar-refractivity contribution >= 4 is 23.5 Å². The van der Waals surface area contributed by atoms with Gasteiger partial charge in [-0.05, 0) is 26.0 Å². The molecule has 0 fully saturated rings. The monoisotopic (exact) mass is 317 g/mol. The number of carboxylic acid groups (broad SMARTS) is 1. The van der Waals surface area contributed by atoms with Crippen LogP contribution in [0, 0.1) is 5.82 Å². The van der Waals surface area contributed by atoms with E-state index in [2.05, 4.69) is 5.32 Å². The first kappa shape index (κ1) is 17.4. The van der Waals surface area contributed by atoms with E-state index in [4.69, 9.17) is 21.4 Å². The molecule has 0 aliphatic rings. The molecule has 1 aromatic rings. The Morgan fingerprint density at radius 2 is 2.10 bits per heavy atom. The smallest absolute Gasteiger partial charge is 0.328 e. The third-order valence-corrected chi connectivity index (χ3v) is 3.34. The average Bonchev–Trinajstić information content (AvgIpc) is 2.37. The van der Waals surface area contributed by atoms with Crippen LogP contribution in [0.3, 0.4) is 0 Å². The van der Waals surface area contributed by atoms with Gasteiger partial charge in [0.2, 0.25) is 5.91 Å². The van der Waals surface area contributed by atoms with Crippen molar-refractivity contribution in [2.75, 3.05) is 13.7 Å². The molecule has 1 unspecified atom stereocenters. The van der Waals surface area contributed by atoms with E-state index in [1.54, 1.807) is 0 Å². The maximum atomic E-state index is 13.9. The quantitative estimate of drug-likeness (QED) is 0.841. The minimum Gasteiger partial charge on any atom is -0.480 e. The van der Waals surface area contributed by atoms with Gasteiger partial charge in [0.05, 0.1) is 12.0 Å². The molecule has 0 radical (unpaired) electrons. The van der Waals surface area contributed by atoms with Crippen LogP contribution in [0.4, 0.5) is 4.39 Å². The number of hydrogen-bond donors (Lipinski definition) is 2. The van der Waals surface area contributed by atoms with E-state index in [-0.39, 0.29) is 17.2 Å². The van der Waals surface area contributed by atoms with Gasteiger partial charge in [-0.15, -0.1) is 0 Å². The van der Waals surface area contributed by atoms with Crippen LogP contribution in [0.1, 0.15) is 19.4 Å². The Morgan fingerprint density at radius 3 is 2.57 bits per heavy atom. The Bertz CT molecular complexity index is 548. The zero-order valence-corrected chi connectivity index (χ0v) is 12.7. The van der Waals surface area contributed by atoms with Crippen LogP contribution in [-0.4, -0.2) is 36.7 Å². The van der Waals surface area contributed by atoms with Gasteiger partial charge in [-0.2, -0.15) is 0 Å². The summed E-state index contributed by atoms with van der Waals surface area (Å²) in [5.41, 5.74) is -1.12. The van der Waals surface area contributed by atoms with Crippen molar-refractivity contribution in [1.29, 1.82) is 0 Å². The summed E-state index contributed by atoms with van der Waals surface area (Å²) in [4.78, 5) is 23.3. The van der Waals surface area contributed by atoms with E-state index < -0.39 is 29.2 Å². The summed E-state index contributed by atoms with van der Waals surface area (Å²) in [5.74, 6) is -2.47. The molecular weight excluding hydrogens is 301 g/mol. The molecule has 0 bridgehead atoms. The molecule has 21 heavy (non-hydrogen) atoms. The van der Waals surface area contributed by atoms with E-state index >= 15 is 0 Å². The fourth-order valence-electron chi connectivity index (χ4n) is 1.80. The summed E-state index contributed by atoms with van der Waals surface area (Å²) in [6.07, 6.45) is 0. The molecule has 0 heterocycles. The fourth-order valence-corrected chi connectivity index (χ4v) is 1.96. The number of halogens is 2. The number of methoxy groups -OCH3 is 1. The van der Waals surface area contributed by atoms with Gasteiger partial charge < -0.3 is 15.2 Å². The Morgan fingerprint density at radius 1 is 1.48 bits per heavy atom. The molecule has 0 aliphatic carbocycles. The van der Waals surface area contributed by atoms with Gasteiger partial charge in [-0.25, -0.2) is 9.18 Å². The maximum absolute atomic E-state index is 13.9. The topological polar surface area (TPSA) is 75.6 Å². The summed E-state index contributed by atoms with van der Waals surface area (Å²) in [6.45, 7) is 2.82. The summed E-state index contributed by atoms with van der Waals surface area (Å²) in [7, 11) is 1.33.